The number of hydrogen-bond donors (Lipinski definition) is 1. The van der Waals surface area contributed by atoms with E-state index in [1.807, 2.05) is 6.92 Å². The standard InChI is InChI=1S/C14H21NO4/c1-5-6-7-13(16)15-10-8-11(17-2)14(19-4)12(9-10)18-3/h8-9H,5-7H2,1-4H3,(H,15,16). The van der Waals surface area contributed by atoms with Crippen molar-refractivity contribution in [3.63, 3.8) is 0 Å². The van der Waals surface area contributed by atoms with Crippen LogP contribution in [0, 0.1) is 0 Å². The van der Waals surface area contributed by atoms with Crippen molar-refractivity contribution in [2.75, 3.05) is 26.6 Å². The van der Waals surface area contributed by atoms with E-state index in [2.05, 4.69) is 5.32 Å². The minimum Gasteiger partial charge on any atom is -0.493 e. The second-order valence-electron chi connectivity index (χ2n) is 4.07. The summed E-state index contributed by atoms with van der Waals surface area (Å²) in [5.41, 5.74) is 0.635. The molecule has 106 valence electrons. The number of ether oxygens (including phenoxy) is 3. The van der Waals surface area contributed by atoms with Crippen LogP contribution in [0.3, 0.4) is 0 Å². The molecule has 0 aliphatic heterocycles. The van der Waals surface area contributed by atoms with Crippen molar-refractivity contribution in [1.29, 1.82) is 0 Å². The number of benzene rings is 1. The molecule has 0 radical (unpaired) electrons. The summed E-state index contributed by atoms with van der Waals surface area (Å²) in [4.78, 5) is 11.7. The Labute approximate surface area is 113 Å². The number of unbranched alkanes of at least 4 members (excludes halogenated alkanes) is 1. The van der Waals surface area contributed by atoms with E-state index in [0.29, 0.717) is 29.4 Å². The molecule has 0 unspecified atom stereocenters. The Kier molecular flexibility index (Phi) is 5.99. The number of carbonyl (C=O) groups excluding carboxylic acids is 1. The molecular formula is C14H21NO4. The van der Waals surface area contributed by atoms with E-state index in [1.54, 1.807) is 33.5 Å². The number of methoxy groups -OCH3 is 3. The molecular weight excluding hydrogens is 246 g/mol. The maximum absolute atomic E-state index is 11.7. The van der Waals surface area contributed by atoms with Crippen LogP contribution in [0.15, 0.2) is 12.1 Å². The fraction of sp³-hybridized carbons (Fsp3) is 0.500. The number of anilines is 1. The zero-order chi connectivity index (χ0) is 14.3. The predicted molar refractivity (Wildman–Crippen MR) is 74.3 cm³/mol. The van der Waals surface area contributed by atoms with Crippen LogP contribution in [0.5, 0.6) is 17.2 Å². The highest BCUT2D eigenvalue weighted by Crippen LogP contribution is 2.39. The third kappa shape index (κ3) is 4.05. The summed E-state index contributed by atoms with van der Waals surface area (Å²) in [6.45, 7) is 2.05. The lowest BCUT2D eigenvalue weighted by molar-refractivity contribution is -0.116. The summed E-state index contributed by atoms with van der Waals surface area (Å²) in [7, 11) is 4.62. The molecule has 1 N–H and O–H groups in total. The van der Waals surface area contributed by atoms with Gasteiger partial charge in [-0.05, 0) is 6.42 Å². The molecule has 0 fully saturated rings. The molecule has 1 amide bonds. The van der Waals surface area contributed by atoms with E-state index in [4.69, 9.17) is 14.2 Å². The van der Waals surface area contributed by atoms with E-state index in [-0.39, 0.29) is 5.91 Å². The Hall–Kier alpha value is -1.91. The van der Waals surface area contributed by atoms with Gasteiger partial charge in [0.2, 0.25) is 11.7 Å². The van der Waals surface area contributed by atoms with E-state index < -0.39 is 0 Å². The summed E-state index contributed by atoms with van der Waals surface area (Å²) in [5, 5.41) is 2.82. The van der Waals surface area contributed by atoms with E-state index >= 15 is 0 Å². The first kappa shape index (κ1) is 15.1. The van der Waals surface area contributed by atoms with Crippen molar-refractivity contribution in [3.8, 4) is 17.2 Å². The normalized spacial score (nSPS) is 9.89. The van der Waals surface area contributed by atoms with Crippen LogP contribution in [0.1, 0.15) is 26.2 Å². The highest BCUT2D eigenvalue weighted by molar-refractivity contribution is 5.91. The molecule has 5 nitrogen and oxygen atoms in total. The molecule has 0 saturated heterocycles. The molecule has 19 heavy (non-hydrogen) atoms. The summed E-state index contributed by atoms with van der Waals surface area (Å²) in [6.07, 6.45) is 2.37. The molecule has 0 aliphatic rings. The lowest BCUT2D eigenvalue weighted by atomic mass is 10.2. The van der Waals surface area contributed by atoms with Gasteiger partial charge in [0.05, 0.1) is 21.3 Å². The second-order valence-corrected chi connectivity index (χ2v) is 4.07. The van der Waals surface area contributed by atoms with Crippen LogP contribution >= 0.6 is 0 Å². The van der Waals surface area contributed by atoms with Crippen LogP contribution < -0.4 is 19.5 Å². The van der Waals surface area contributed by atoms with Crippen molar-refractivity contribution >= 4 is 11.6 Å². The first-order chi connectivity index (χ1) is 9.15. The first-order valence-corrected chi connectivity index (χ1v) is 6.26. The fourth-order valence-electron chi connectivity index (χ4n) is 1.71. The Balaban J connectivity index is 2.93. The highest BCUT2D eigenvalue weighted by atomic mass is 16.5. The number of hydrogen-bond acceptors (Lipinski definition) is 4. The van der Waals surface area contributed by atoms with Gasteiger partial charge in [0, 0.05) is 24.2 Å². The van der Waals surface area contributed by atoms with E-state index in [9.17, 15) is 4.79 Å². The molecule has 0 aliphatic carbocycles. The van der Waals surface area contributed by atoms with Gasteiger partial charge in [-0.15, -0.1) is 0 Å². The molecule has 0 heterocycles. The van der Waals surface area contributed by atoms with Crippen molar-refractivity contribution < 1.29 is 19.0 Å². The SMILES string of the molecule is CCCCC(=O)Nc1cc(OC)c(OC)c(OC)c1. The summed E-state index contributed by atoms with van der Waals surface area (Å²) < 4.78 is 15.7. The Morgan fingerprint density at radius 1 is 1.11 bits per heavy atom. The maximum Gasteiger partial charge on any atom is 0.224 e. The molecule has 5 heteroatoms. The van der Waals surface area contributed by atoms with Crippen LogP contribution in [0.4, 0.5) is 5.69 Å². The maximum atomic E-state index is 11.7. The van der Waals surface area contributed by atoms with Gasteiger partial charge < -0.3 is 19.5 Å². The quantitative estimate of drug-likeness (QED) is 0.825. The molecule has 0 atom stereocenters. The van der Waals surface area contributed by atoms with Crippen molar-refractivity contribution in [1.82, 2.24) is 0 Å². The van der Waals surface area contributed by atoms with Gasteiger partial charge in [-0.3, -0.25) is 4.79 Å². The van der Waals surface area contributed by atoms with Gasteiger partial charge >= 0.3 is 0 Å². The highest BCUT2D eigenvalue weighted by Gasteiger charge is 2.14. The van der Waals surface area contributed by atoms with Gasteiger partial charge in [-0.1, -0.05) is 13.3 Å². The average molecular weight is 267 g/mol. The van der Waals surface area contributed by atoms with Crippen molar-refractivity contribution in [2.45, 2.75) is 26.2 Å². The molecule has 1 aromatic rings. The monoisotopic (exact) mass is 267 g/mol. The fourth-order valence-corrected chi connectivity index (χ4v) is 1.71. The van der Waals surface area contributed by atoms with Crippen LogP contribution in [-0.2, 0) is 4.79 Å². The number of nitrogens with one attached hydrogen (secondary N) is 1. The molecule has 0 bridgehead atoms. The molecule has 1 aromatic carbocycles. The lowest BCUT2D eigenvalue weighted by Crippen LogP contribution is -2.11. The summed E-state index contributed by atoms with van der Waals surface area (Å²) in [6, 6.07) is 3.43. The second kappa shape index (κ2) is 7.51. The zero-order valence-corrected chi connectivity index (χ0v) is 11.9. The molecule has 0 aromatic heterocycles. The average Bonchev–Trinajstić information content (AvgIpc) is 2.43. The van der Waals surface area contributed by atoms with Gasteiger partial charge in [-0.25, -0.2) is 0 Å². The summed E-state index contributed by atoms with van der Waals surface area (Å²) >= 11 is 0. The van der Waals surface area contributed by atoms with Gasteiger partial charge in [0.25, 0.3) is 0 Å². The largest absolute Gasteiger partial charge is 0.493 e. The summed E-state index contributed by atoms with van der Waals surface area (Å²) in [5.74, 6) is 1.54. The zero-order valence-electron chi connectivity index (χ0n) is 11.9. The topological polar surface area (TPSA) is 56.8 Å². The third-order valence-electron chi connectivity index (χ3n) is 2.71. The Morgan fingerprint density at radius 3 is 2.11 bits per heavy atom. The van der Waals surface area contributed by atoms with Crippen LogP contribution in [0.2, 0.25) is 0 Å². The lowest BCUT2D eigenvalue weighted by Gasteiger charge is -2.14. The number of amides is 1. The molecule has 0 spiro atoms. The van der Waals surface area contributed by atoms with Crippen LogP contribution in [0.25, 0.3) is 0 Å². The van der Waals surface area contributed by atoms with Crippen LogP contribution in [-0.4, -0.2) is 27.2 Å². The molecule has 0 saturated carbocycles. The van der Waals surface area contributed by atoms with Gasteiger partial charge in [0.1, 0.15) is 0 Å². The van der Waals surface area contributed by atoms with Crippen molar-refractivity contribution in [2.24, 2.45) is 0 Å². The number of carbonyl (C=O) groups is 1. The molecule has 1 rings (SSSR count). The predicted octanol–water partition coefficient (Wildman–Crippen LogP) is 2.84. The number of rotatable bonds is 7. The minimum absolute atomic E-state index is 0.0175. The Bertz CT molecular complexity index is 406. The smallest absolute Gasteiger partial charge is 0.224 e. The first-order valence-electron chi connectivity index (χ1n) is 6.26. The minimum atomic E-state index is -0.0175. The van der Waals surface area contributed by atoms with E-state index in [1.165, 1.54) is 0 Å². The Morgan fingerprint density at radius 2 is 1.68 bits per heavy atom. The third-order valence-corrected chi connectivity index (χ3v) is 2.71. The van der Waals surface area contributed by atoms with Crippen molar-refractivity contribution in [3.05, 3.63) is 12.1 Å². The van der Waals surface area contributed by atoms with E-state index in [0.717, 1.165) is 12.8 Å². The van der Waals surface area contributed by atoms with Gasteiger partial charge in [-0.2, -0.15) is 0 Å². The van der Waals surface area contributed by atoms with Gasteiger partial charge in [0.15, 0.2) is 11.5 Å².